The largest absolute Gasteiger partial charge is 0.516 e. The molecular weight excluding hydrogens is 156 g/mol. The first kappa shape index (κ1) is 8.33. The first-order valence-corrected chi connectivity index (χ1v) is 3.37. The highest BCUT2D eigenvalue weighted by Gasteiger charge is 1.98. The van der Waals surface area contributed by atoms with E-state index < -0.39 is 0 Å². The molecular formula is C9H8O3. The van der Waals surface area contributed by atoms with Crippen LogP contribution in [0.1, 0.15) is 15.9 Å². The Morgan fingerprint density at radius 1 is 1.33 bits per heavy atom. The normalized spacial score (nSPS) is 10.3. The van der Waals surface area contributed by atoms with Gasteiger partial charge in [-0.1, -0.05) is 6.07 Å². The number of aliphatic hydroxyl groups is 1. The van der Waals surface area contributed by atoms with Crippen molar-refractivity contribution in [3.63, 3.8) is 0 Å². The zero-order valence-corrected chi connectivity index (χ0v) is 6.27. The smallest absolute Gasteiger partial charge is 0.153 e. The van der Waals surface area contributed by atoms with Gasteiger partial charge in [-0.15, -0.1) is 0 Å². The quantitative estimate of drug-likeness (QED) is 0.517. The van der Waals surface area contributed by atoms with Gasteiger partial charge in [0.2, 0.25) is 0 Å². The van der Waals surface area contributed by atoms with Crippen molar-refractivity contribution in [3.8, 4) is 5.75 Å². The highest BCUT2D eigenvalue weighted by Crippen LogP contribution is 2.16. The van der Waals surface area contributed by atoms with Crippen LogP contribution in [0.5, 0.6) is 5.75 Å². The molecule has 0 spiro atoms. The lowest BCUT2D eigenvalue weighted by atomic mass is 10.1. The molecule has 0 unspecified atom stereocenters. The van der Waals surface area contributed by atoms with Gasteiger partial charge in [-0.2, -0.15) is 0 Å². The first-order valence-electron chi connectivity index (χ1n) is 3.37. The van der Waals surface area contributed by atoms with E-state index in [0.29, 0.717) is 11.8 Å². The summed E-state index contributed by atoms with van der Waals surface area (Å²) in [4.78, 5) is 10.3. The van der Waals surface area contributed by atoms with Crippen LogP contribution in [0, 0.1) is 0 Å². The molecule has 0 atom stereocenters. The third kappa shape index (κ3) is 1.63. The lowest BCUT2D eigenvalue weighted by Gasteiger charge is -1.97. The second-order valence-electron chi connectivity index (χ2n) is 2.25. The number of aromatic hydroxyl groups is 1. The molecule has 0 saturated carbocycles. The molecule has 0 aliphatic rings. The highest BCUT2D eigenvalue weighted by atomic mass is 16.3. The molecule has 0 aromatic heterocycles. The molecule has 0 aliphatic heterocycles. The molecule has 2 N–H and O–H groups in total. The van der Waals surface area contributed by atoms with Gasteiger partial charge in [0.25, 0.3) is 0 Å². The number of hydrogen-bond acceptors (Lipinski definition) is 3. The fraction of sp³-hybridized carbons (Fsp3) is 0. The van der Waals surface area contributed by atoms with Crippen molar-refractivity contribution in [1.82, 2.24) is 0 Å². The van der Waals surface area contributed by atoms with E-state index in [4.69, 9.17) is 10.2 Å². The summed E-state index contributed by atoms with van der Waals surface area (Å²) < 4.78 is 0. The number of phenols is 1. The average Bonchev–Trinajstić information content (AvgIpc) is 2.09. The Kier molecular flexibility index (Phi) is 2.48. The lowest BCUT2D eigenvalue weighted by Crippen LogP contribution is -1.82. The van der Waals surface area contributed by atoms with Crippen LogP contribution in [0.15, 0.2) is 24.5 Å². The number of aldehydes is 1. The Balaban J connectivity index is 3.13. The lowest BCUT2D eigenvalue weighted by molar-refractivity contribution is 0.112. The Morgan fingerprint density at radius 2 is 2.08 bits per heavy atom. The highest BCUT2D eigenvalue weighted by molar-refractivity contribution is 5.80. The maximum absolute atomic E-state index is 10.3. The summed E-state index contributed by atoms with van der Waals surface area (Å²) in [5, 5.41) is 17.5. The predicted molar refractivity (Wildman–Crippen MR) is 45.2 cm³/mol. The molecule has 1 aromatic rings. The zero-order chi connectivity index (χ0) is 8.97. The van der Waals surface area contributed by atoms with Gasteiger partial charge in [0, 0.05) is 0 Å². The molecule has 0 bridgehead atoms. The number of rotatable bonds is 2. The van der Waals surface area contributed by atoms with E-state index in [0.717, 1.165) is 6.26 Å². The van der Waals surface area contributed by atoms with Crippen LogP contribution in [0.25, 0.3) is 6.08 Å². The van der Waals surface area contributed by atoms with E-state index in [1.165, 1.54) is 18.2 Å². The van der Waals surface area contributed by atoms with E-state index >= 15 is 0 Å². The van der Waals surface area contributed by atoms with Crippen LogP contribution in [0.3, 0.4) is 0 Å². The molecule has 0 aliphatic carbocycles. The fourth-order valence-electron chi connectivity index (χ4n) is 0.857. The molecule has 0 fully saturated rings. The van der Waals surface area contributed by atoms with Gasteiger partial charge in [-0.05, 0) is 23.8 Å². The monoisotopic (exact) mass is 164 g/mol. The van der Waals surface area contributed by atoms with Crippen LogP contribution >= 0.6 is 0 Å². The number of phenolic OH excluding ortho intramolecular Hbond substituents is 1. The molecule has 12 heavy (non-hydrogen) atoms. The minimum Gasteiger partial charge on any atom is -0.516 e. The molecule has 0 radical (unpaired) electrons. The van der Waals surface area contributed by atoms with Crippen molar-refractivity contribution in [2.24, 2.45) is 0 Å². The Bertz CT molecular complexity index is 316. The van der Waals surface area contributed by atoms with Gasteiger partial charge in [-0.3, -0.25) is 4.79 Å². The van der Waals surface area contributed by atoms with Gasteiger partial charge < -0.3 is 10.2 Å². The van der Waals surface area contributed by atoms with E-state index in [1.807, 2.05) is 0 Å². The van der Waals surface area contributed by atoms with Gasteiger partial charge >= 0.3 is 0 Å². The number of carbonyl (C=O) groups is 1. The summed E-state index contributed by atoms with van der Waals surface area (Å²) in [5.74, 6) is -0.0555. The van der Waals surface area contributed by atoms with E-state index in [2.05, 4.69) is 0 Å². The standard InChI is InChI=1S/C9H8O3/c10-4-3-7-1-2-9(12)8(5-7)6-11/h1-6,10,12H/b4-3+. The molecule has 0 heterocycles. The van der Waals surface area contributed by atoms with Crippen LogP contribution < -0.4 is 0 Å². The molecule has 1 rings (SSSR count). The number of aliphatic hydroxyl groups excluding tert-OH is 1. The van der Waals surface area contributed by atoms with Crippen LogP contribution in [-0.2, 0) is 0 Å². The molecule has 0 amide bonds. The van der Waals surface area contributed by atoms with E-state index in [1.54, 1.807) is 6.07 Å². The van der Waals surface area contributed by atoms with Crippen molar-refractivity contribution >= 4 is 12.4 Å². The van der Waals surface area contributed by atoms with Crippen LogP contribution in [0.2, 0.25) is 0 Å². The average molecular weight is 164 g/mol. The topological polar surface area (TPSA) is 57.5 Å². The fourth-order valence-corrected chi connectivity index (χ4v) is 0.857. The van der Waals surface area contributed by atoms with Gasteiger partial charge in [0.05, 0.1) is 11.8 Å². The summed E-state index contributed by atoms with van der Waals surface area (Å²) in [6, 6.07) is 4.48. The third-order valence-corrected chi connectivity index (χ3v) is 1.45. The molecule has 1 aromatic carbocycles. The Hall–Kier alpha value is -1.77. The van der Waals surface area contributed by atoms with Gasteiger partial charge in [0.15, 0.2) is 6.29 Å². The van der Waals surface area contributed by atoms with E-state index in [9.17, 15) is 4.79 Å². The first-order chi connectivity index (χ1) is 5.77. The van der Waals surface area contributed by atoms with Crippen molar-refractivity contribution in [3.05, 3.63) is 35.6 Å². The molecule has 62 valence electrons. The summed E-state index contributed by atoms with van der Waals surface area (Å²) in [6.07, 6.45) is 2.86. The maximum Gasteiger partial charge on any atom is 0.153 e. The van der Waals surface area contributed by atoms with Crippen LogP contribution in [0.4, 0.5) is 0 Å². The SMILES string of the molecule is O=Cc1cc(/C=C/O)ccc1O. The molecule has 0 saturated heterocycles. The molecule has 3 heteroatoms. The second kappa shape index (κ2) is 3.57. The van der Waals surface area contributed by atoms with E-state index in [-0.39, 0.29) is 11.3 Å². The minimum atomic E-state index is -0.0555. The number of hydrogen-bond donors (Lipinski definition) is 2. The summed E-state index contributed by atoms with van der Waals surface area (Å²) >= 11 is 0. The Labute approximate surface area is 69.6 Å². The minimum absolute atomic E-state index is 0.0555. The number of benzene rings is 1. The van der Waals surface area contributed by atoms with Crippen LogP contribution in [-0.4, -0.2) is 16.5 Å². The summed E-state index contributed by atoms with van der Waals surface area (Å²) in [6.45, 7) is 0. The van der Waals surface area contributed by atoms with Gasteiger partial charge in [0.1, 0.15) is 5.75 Å². The van der Waals surface area contributed by atoms with Gasteiger partial charge in [-0.25, -0.2) is 0 Å². The second-order valence-corrected chi connectivity index (χ2v) is 2.25. The number of carbonyl (C=O) groups excluding carboxylic acids is 1. The third-order valence-electron chi connectivity index (χ3n) is 1.45. The Morgan fingerprint density at radius 3 is 2.67 bits per heavy atom. The van der Waals surface area contributed by atoms with Crippen molar-refractivity contribution < 1.29 is 15.0 Å². The zero-order valence-electron chi connectivity index (χ0n) is 6.27. The van der Waals surface area contributed by atoms with Crippen molar-refractivity contribution in [2.45, 2.75) is 0 Å². The summed E-state index contributed by atoms with van der Waals surface area (Å²) in [5.41, 5.74) is 0.878. The molecule has 3 nitrogen and oxygen atoms in total. The van der Waals surface area contributed by atoms with Crippen molar-refractivity contribution in [2.75, 3.05) is 0 Å². The summed E-state index contributed by atoms with van der Waals surface area (Å²) in [7, 11) is 0. The maximum atomic E-state index is 10.3. The van der Waals surface area contributed by atoms with Crippen molar-refractivity contribution in [1.29, 1.82) is 0 Å². The predicted octanol–water partition coefficient (Wildman–Crippen LogP) is 1.73.